The summed E-state index contributed by atoms with van der Waals surface area (Å²) in [5.74, 6) is 0.122. The van der Waals surface area contributed by atoms with Gasteiger partial charge in [0.2, 0.25) is 0 Å². The minimum absolute atomic E-state index is 0.122. The van der Waals surface area contributed by atoms with Crippen molar-refractivity contribution in [3.05, 3.63) is 36.8 Å². The lowest BCUT2D eigenvalue weighted by Crippen LogP contribution is -1.92. The second-order valence-corrected chi connectivity index (χ2v) is 2.02. The molecule has 0 aromatic rings. The molecule has 0 aromatic heterocycles. The van der Waals surface area contributed by atoms with Gasteiger partial charge < -0.3 is 10.5 Å². The molecule has 0 fully saturated rings. The largest absolute Gasteiger partial charge is 0.415 e. The molecule has 0 aliphatic carbocycles. The molecule has 0 saturated heterocycles. The molecule has 0 unspecified atom stereocenters. The fourth-order valence-electron chi connectivity index (χ4n) is 0.337. The third kappa shape index (κ3) is 6.67. The third-order valence-electron chi connectivity index (χ3n) is 0.695. The number of rotatable bonds is 3. The maximum absolute atomic E-state index is 10.1. The summed E-state index contributed by atoms with van der Waals surface area (Å²) in [6.45, 7) is 6.74. The Kier molecular flexibility index (Phi) is 4.07. The van der Waals surface area contributed by atoms with Gasteiger partial charge in [-0.15, -0.1) is 0 Å². The van der Waals surface area contributed by atoms with E-state index >= 15 is 0 Å². The van der Waals surface area contributed by atoms with Crippen LogP contribution in [0.4, 0.5) is 4.79 Å². The first-order valence-corrected chi connectivity index (χ1v) is 3.09. The van der Waals surface area contributed by atoms with E-state index in [9.17, 15) is 4.79 Å². The lowest BCUT2D eigenvalue weighted by Gasteiger charge is -1.95. The maximum Gasteiger partial charge on any atom is 0.409 e. The van der Waals surface area contributed by atoms with Crippen LogP contribution >= 0.6 is 11.6 Å². The molecule has 0 heterocycles. The van der Waals surface area contributed by atoms with Gasteiger partial charge in [0, 0.05) is 17.3 Å². The minimum atomic E-state index is -0.928. The van der Waals surface area contributed by atoms with Crippen LogP contribution in [0.1, 0.15) is 0 Å². The van der Waals surface area contributed by atoms with E-state index in [4.69, 9.17) is 17.3 Å². The molecular formula is C7H8ClNO2. The topological polar surface area (TPSA) is 52.3 Å². The number of carbonyl (C=O) groups excluding carboxylic acids is 1. The summed E-state index contributed by atoms with van der Waals surface area (Å²) in [6.07, 6.45) is 2.84. The predicted molar refractivity (Wildman–Crippen MR) is 43.9 cm³/mol. The van der Waals surface area contributed by atoms with E-state index in [-0.39, 0.29) is 5.76 Å². The van der Waals surface area contributed by atoms with Gasteiger partial charge in [-0.25, -0.2) is 4.79 Å². The Morgan fingerprint density at radius 1 is 1.45 bits per heavy atom. The van der Waals surface area contributed by atoms with Crippen molar-refractivity contribution in [3.63, 3.8) is 0 Å². The van der Waals surface area contributed by atoms with Gasteiger partial charge in [-0.05, 0) is 12.2 Å². The molecule has 0 spiro atoms. The van der Waals surface area contributed by atoms with Crippen LogP contribution < -0.4 is 5.73 Å². The van der Waals surface area contributed by atoms with Crippen molar-refractivity contribution in [1.29, 1.82) is 0 Å². The molecule has 11 heavy (non-hydrogen) atoms. The number of ether oxygens (including phenoxy) is 1. The molecule has 0 aromatic carbocycles. The van der Waals surface area contributed by atoms with Gasteiger partial charge in [0.25, 0.3) is 0 Å². The van der Waals surface area contributed by atoms with Gasteiger partial charge in [0.1, 0.15) is 5.76 Å². The summed E-state index contributed by atoms with van der Waals surface area (Å²) in [5, 5.41) is 0. The zero-order chi connectivity index (χ0) is 8.85. The average molecular weight is 174 g/mol. The van der Waals surface area contributed by atoms with Crippen LogP contribution in [0.15, 0.2) is 36.8 Å². The molecule has 0 saturated carbocycles. The molecule has 2 N–H and O–H groups in total. The summed E-state index contributed by atoms with van der Waals surface area (Å²) in [4.78, 5) is 10.1. The van der Waals surface area contributed by atoms with Crippen LogP contribution in [0.25, 0.3) is 0 Å². The van der Waals surface area contributed by atoms with Crippen LogP contribution in [0.3, 0.4) is 0 Å². The van der Waals surface area contributed by atoms with Crippen molar-refractivity contribution in [1.82, 2.24) is 0 Å². The van der Waals surface area contributed by atoms with Crippen molar-refractivity contribution in [2.45, 2.75) is 0 Å². The van der Waals surface area contributed by atoms with Crippen molar-refractivity contribution < 1.29 is 9.53 Å². The number of halogens is 1. The van der Waals surface area contributed by atoms with E-state index in [1.165, 1.54) is 12.2 Å². The normalized spacial score (nSPS) is 9.55. The summed E-state index contributed by atoms with van der Waals surface area (Å²) in [6, 6.07) is 0. The Morgan fingerprint density at radius 3 is 2.36 bits per heavy atom. The minimum Gasteiger partial charge on any atom is -0.415 e. The number of hydrogen-bond acceptors (Lipinski definition) is 3. The zero-order valence-corrected chi connectivity index (χ0v) is 6.60. The van der Waals surface area contributed by atoms with Gasteiger partial charge in [-0.1, -0.05) is 13.2 Å². The molecule has 0 atom stereocenters. The molecule has 3 nitrogen and oxygen atoms in total. The second-order valence-electron chi connectivity index (χ2n) is 1.71. The van der Waals surface area contributed by atoms with Crippen molar-refractivity contribution >= 4 is 17.0 Å². The van der Waals surface area contributed by atoms with E-state index in [1.807, 2.05) is 0 Å². The standard InChI is InChI=1S/C7H8ClNO2/c1-5(9)3-4-6(2)11-7(8)10/h3-4H,1-2,9H2/b4-3-. The van der Waals surface area contributed by atoms with Gasteiger partial charge in [-0.3, -0.25) is 0 Å². The zero-order valence-electron chi connectivity index (χ0n) is 5.84. The fourth-order valence-corrected chi connectivity index (χ4v) is 0.436. The summed E-state index contributed by atoms with van der Waals surface area (Å²) >= 11 is 4.88. The number of nitrogens with two attached hydrogens (primary N) is 1. The third-order valence-corrected chi connectivity index (χ3v) is 0.772. The highest BCUT2D eigenvalue weighted by molar-refractivity contribution is 6.61. The summed E-state index contributed by atoms with van der Waals surface area (Å²) < 4.78 is 4.35. The molecular weight excluding hydrogens is 166 g/mol. The summed E-state index contributed by atoms with van der Waals surface area (Å²) in [5.41, 5.74) is 4.59. The highest BCUT2D eigenvalue weighted by atomic mass is 35.5. The smallest absolute Gasteiger partial charge is 0.409 e. The van der Waals surface area contributed by atoms with Crippen LogP contribution in [-0.4, -0.2) is 5.43 Å². The molecule has 4 heteroatoms. The van der Waals surface area contributed by atoms with E-state index in [0.29, 0.717) is 5.70 Å². The Bertz CT molecular complexity index is 220. The highest BCUT2D eigenvalue weighted by Crippen LogP contribution is 2.00. The molecule has 0 amide bonds. The predicted octanol–water partition coefficient (Wildman–Crippen LogP) is 1.90. The molecule has 0 bridgehead atoms. The maximum atomic E-state index is 10.1. The van der Waals surface area contributed by atoms with E-state index in [1.54, 1.807) is 0 Å². The average Bonchev–Trinajstić information content (AvgIpc) is 1.82. The Hall–Kier alpha value is -1.22. The lowest BCUT2D eigenvalue weighted by atomic mass is 10.4. The first-order valence-electron chi connectivity index (χ1n) is 2.71. The van der Waals surface area contributed by atoms with Crippen LogP contribution in [0.2, 0.25) is 0 Å². The van der Waals surface area contributed by atoms with Crippen molar-refractivity contribution in [2.75, 3.05) is 0 Å². The molecule has 0 aliphatic rings. The van der Waals surface area contributed by atoms with E-state index in [2.05, 4.69) is 17.9 Å². The highest BCUT2D eigenvalue weighted by Gasteiger charge is 1.95. The Balaban J connectivity index is 3.88. The molecule has 0 radical (unpaired) electrons. The number of allylic oxidation sites excluding steroid dienone is 2. The monoisotopic (exact) mass is 173 g/mol. The van der Waals surface area contributed by atoms with Crippen LogP contribution in [0, 0.1) is 0 Å². The molecule has 0 aliphatic heterocycles. The second kappa shape index (κ2) is 4.57. The fraction of sp³-hybridized carbons (Fsp3) is 0. The summed E-state index contributed by atoms with van der Waals surface area (Å²) in [7, 11) is 0. The first-order chi connectivity index (χ1) is 5.02. The van der Waals surface area contributed by atoms with Gasteiger partial charge in [-0.2, -0.15) is 0 Å². The molecule has 60 valence electrons. The van der Waals surface area contributed by atoms with E-state index < -0.39 is 5.43 Å². The lowest BCUT2D eigenvalue weighted by molar-refractivity contribution is 0.206. The Morgan fingerprint density at radius 2 is 2.00 bits per heavy atom. The van der Waals surface area contributed by atoms with E-state index in [0.717, 1.165) is 0 Å². The van der Waals surface area contributed by atoms with Crippen LogP contribution in [0.5, 0.6) is 0 Å². The van der Waals surface area contributed by atoms with Crippen LogP contribution in [-0.2, 0) is 4.74 Å². The van der Waals surface area contributed by atoms with Gasteiger partial charge in [0.15, 0.2) is 0 Å². The van der Waals surface area contributed by atoms with Crippen molar-refractivity contribution in [2.24, 2.45) is 5.73 Å². The SMILES string of the molecule is C=C(N)/C=C\C(=C)OC(=O)Cl. The first kappa shape index (κ1) is 9.78. The van der Waals surface area contributed by atoms with Gasteiger partial charge >= 0.3 is 5.43 Å². The number of hydrogen-bond donors (Lipinski definition) is 1. The van der Waals surface area contributed by atoms with Crippen molar-refractivity contribution in [3.8, 4) is 0 Å². The molecule has 0 rings (SSSR count). The van der Waals surface area contributed by atoms with Gasteiger partial charge in [0.05, 0.1) is 0 Å². The Labute approximate surface area is 69.8 Å². The number of carbonyl (C=O) groups is 1. The quantitative estimate of drug-likeness (QED) is 0.403.